The van der Waals surface area contributed by atoms with Crippen molar-refractivity contribution < 1.29 is 14.6 Å². The molecule has 0 aromatic rings. The molecule has 6 heteroatoms. The summed E-state index contributed by atoms with van der Waals surface area (Å²) in [6, 6.07) is 0. The van der Waals surface area contributed by atoms with E-state index in [-0.39, 0.29) is 5.57 Å². The lowest BCUT2D eigenvalue weighted by atomic mass is 10.2. The number of hydrogen-bond donors (Lipinski definition) is 1. The average Bonchev–Trinajstić information content (AvgIpc) is 2.81. The van der Waals surface area contributed by atoms with Crippen molar-refractivity contribution in [2.24, 2.45) is 10.2 Å². The lowest BCUT2D eigenvalue weighted by molar-refractivity contribution is -0.132. The van der Waals surface area contributed by atoms with Crippen LogP contribution in [0.25, 0.3) is 0 Å². The van der Waals surface area contributed by atoms with Gasteiger partial charge in [0, 0.05) is 0 Å². The number of carboxylic acids is 1. The van der Waals surface area contributed by atoms with Crippen LogP contribution in [0.3, 0.4) is 0 Å². The summed E-state index contributed by atoms with van der Waals surface area (Å²) in [5.74, 6) is -0.565. The fourth-order valence-electron chi connectivity index (χ4n) is 1.54. The number of thioether (sulfide) groups is 1. The second kappa shape index (κ2) is 10.4. The maximum Gasteiger partial charge on any atom is 0.335 e. The summed E-state index contributed by atoms with van der Waals surface area (Å²) in [4.78, 5) is 11.8. The topological polar surface area (TPSA) is 71.2 Å². The standard InChI is InChI=1S/C17H20N2O3S/c1-4-14(17(20)21)10-9-13(2)12-18-19-16(22-3)15-8-6-5-7-11-23-15/h4,7-12H,1,5-6H2,2-3H3,(H,20,21)/b13-9+,14-10+,18-12+,19-16-. The SMILES string of the molecule is C=C\C(=C/C=C(C)/C=N/N=C(\OC)C1=CCCC=CS1)C(=O)O. The van der Waals surface area contributed by atoms with Crippen molar-refractivity contribution in [1.29, 1.82) is 0 Å². The van der Waals surface area contributed by atoms with Crippen LogP contribution in [-0.4, -0.2) is 30.3 Å². The van der Waals surface area contributed by atoms with E-state index in [4.69, 9.17) is 9.84 Å². The van der Waals surface area contributed by atoms with Crippen LogP contribution in [0.2, 0.25) is 0 Å². The van der Waals surface area contributed by atoms with Crippen molar-refractivity contribution in [3.8, 4) is 0 Å². The van der Waals surface area contributed by atoms with E-state index in [0.29, 0.717) is 5.90 Å². The maximum absolute atomic E-state index is 10.8. The molecule has 0 amide bonds. The molecule has 0 bridgehead atoms. The molecule has 0 aromatic heterocycles. The maximum atomic E-state index is 10.8. The molecule has 0 aliphatic carbocycles. The van der Waals surface area contributed by atoms with E-state index in [1.54, 1.807) is 31.9 Å². The van der Waals surface area contributed by atoms with E-state index in [1.165, 1.54) is 18.4 Å². The van der Waals surface area contributed by atoms with Gasteiger partial charge in [0.1, 0.15) is 0 Å². The molecule has 1 heterocycles. The number of methoxy groups -OCH3 is 1. The number of allylic oxidation sites excluding steroid dienone is 5. The third-order valence-corrected chi connectivity index (χ3v) is 3.68. The summed E-state index contributed by atoms with van der Waals surface area (Å²) in [5, 5.41) is 18.9. The van der Waals surface area contributed by atoms with E-state index < -0.39 is 5.97 Å². The third-order valence-electron chi connectivity index (χ3n) is 2.76. The van der Waals surface area contributed by atoms with Crippen molar-refractivity contribution in [2.45, 2.75) is 19.8 Å². The molecule has 1 rings (SSSR count). The van der Waals surface area contributed by atoms with Gasteiger partial charge >= 0.3 is 5.97 Å². The van der Waals surface area contributed by atoms with Crippen LogP contribution in [0.15, 0.2) is 68.6 Å². The molecule has 122 valence electrons. The Kier molecular flexibility index (Phi) is 8.46. The predicted octanol–water partition coefficient (Wildman–Crippen LogP) is 4.09. The van der Waals surface area contributed by atoms with Gasteiger partial charge in [-0.1, -0.05) is 42.6 Å². The normalized spacial score (nSPS) is 17.0. The molecule has 0 fully saturated rings. The molecule has 0 saturated heterocycles. The van der Waals surface area contributed by atoms with Crippen molar-refractivity contribution in [1.82, 2.24) is 0 Å². The summed E-state index contributed by atoms with van der Waals surface area (Å²) in [7, 11) is 1.55. The monoisotopic (exact) mass is 332 g/mol. The highest BCUT2D eigenvalue weighted by atomic mass is 32.2. The first kappa shape index (κ1) is 18.7. The number of rotatable bonds is 6. The summed E-state index contributed by atoms with van der Waals surface area (Å²) in [5.41, 5.74) is 0.873. The fourth-order valence-corrected chi connectivity index (χ4v) is 2.36. The number of carboxylic acid groups (broad SMARTS) is 1. The quantitative estimate of drug-likeness (QED) is 0.261. The minimum atomic E-state index is -1.02. The molecular formula is C17H20N2O3S. The Balaban J connectivity index is 2.81. The van der Waals surface area contributed by atoms with Crippen molar-refractivity contribution in [2.75, 3.05) is 7.11 Å². The van der Waals surface area contributed by atoms with Gasteiger partial charge in [-0.05, 0) is 36.8 Å². The first-order chi connectivity index (χ1) is 11.1. The van der Waals surface area contributed by atoms with Gasteiger partial charge in [-0.15, -0.1) is 5.10 Å². The summed E-state index contributed by atoms with van der Waals surface area (Å²) in [6.07, 6.45) is 12.0. The highest BCUT2D eigenvalue weighted by Crippen LogP contribution is 2.23. The summed E-state index contributed by atoms with van der Waals surface area (Å²) < 4.78 is 5.27. The highest BCUT2D eigenvalue weighted by Gasteiger charge is 2.08. The zero-order chi connectivity index (χ0) is 17.1. The van der Waals surface area contributed by atoms with E-state index in [1.807, 2.05) is 5.41 Å². The molecule has 0 saturated carbocycles. The van der Waals surface area contributed by atoms with Gasteiger partial charge in [0.05, 0.1) is 23.8 Å². The number of hydrogen-bond acceptors (Lipinski definition) is 5. The Morgan fingerprint density at radius 3 is 2.87 bits per heavy atom. The molecular weight excluding hydrogens is 312 g/mol. The Bertz CT molecular complexity index is 626. The number of aliphatic carboxylic acids is 1. The van der Waals surface area contributed by atoms with Gasteiger partial charge in [0.2, 0.25) is 5.90 Å². The van der Waals surface area contributed by atoms with E-state index >= 15 is 0 Å². The first-order valence-corrected chi connectivity index (χ1v) is 7.88. The van der Waals surface area contributed by atoms with Crippen molar-refractivity contribution in [3.63, 3.8) is 0 Å². The van der Waals surface area contributed by atoms with Crippen LogP contribution in [0.1, 0.15) is 19.8 Å². The Hall–Kier alpha value is -2.34. The average molecular weight is 332 g/mol. The van der Waals surface area contributed by atoms with Crippen LogP contribution in [0.4, 0.5) is 0 Å². The molecule has 1 aliphatic rings. The lowest BCUT2D eigenvalue weighted by Crippen LogP contribution is -2.02. The number of carbonyl (C=O) groups is 1. The minimum Gasteiger partial charge on any atom is -0.479 e. The predicted molar refractivity (Wildman–Crippen MR) is 96.7 cm³/mol. The smallest absolute Gasteiger partial charge is 0.335 e. The first-order valence-electron chi connectivity index (χ1n) is 7.00. The molecule has 1 aliphatic heterocycles. The molecule has 1 N–H and O–H groups in total. The largest absolute Gasteiger partial charge is 0.479 e. The van der Waals surface area contributed by atoms with Gasteiger partial charge < -0.3 is 9.84 Å². The zero-order valence-electron chi connectivity index (χ0n) is 13.2. The lowest BCUT2D eigenvalue weighted by Gasteiger charge is -2.04. The van der Waals surface area contributed by atoms with Gasteiger partial charge in [-0.3, -0.25) is 0 Å². The van der Waals surface area contributed by atoms with E-state index in [9.17, 15) is 4.79 Å². The van der Waals surface area contributed by atoms with Gasteiger partial charge in [0.25, 0.3) is 0 Å². The van der Waals surface area contributed by atoms with Crippen molar-refractivity contribution >= 4 is 29.8 Å². The Labute approximate surface area is 140 Å². The molecule has 23 heavy (non-hydrogen) atoms. The van der Waals surface area contributed by atoms with Gasteiger partial charge in [-0.2, -0.15) is 5.10 Å². The summed E-state index contributed by atoms with van der Waals surface area (Å²) in [6.45, 7) is 5.25. The molecule has 0 unspecified atom stereocenters. The third kappa shape index (κ3) is 6.97. The van der Waals surface area contributed by atoms with Crippen LogP contribution >= 0.6 is 11.8 Å². The van der Waals surface area contributed by atoms with E-state index in [2.05, 4.69) is 28.9 Å². The Morgan fingerprint density at radius 2 is 2.22 bits per heavy atom. The van der Waals surface area contributed by atoms with Crippen LogP contribution in [0, 0.1) is 0 Å². The van der Waals surface area contributed by atoms with Gasteiger partial charge in [-0.25, -0.2) is 4.79 Å². The molecule has 0 spiro atoms. The molecule has 0 radical (unpaired) electrons. The zero-order valence-corrected chi connectivity index (χ0v) is 14.0. The minimum absolute atomic E-state index is 0.116. The van der Waals surface area contributed by atoms with Crippen molar-refractivity contribution in [3.05, 3.63) is 58.4 Å². The fraction of sp³-hybridized carbons (Fsp3) is 0.235. The highest BCUT2D eigenvalue weighted by molar-refractivity contribution is 8.06. The van der Waals surface area contributed by atoms with E-state index in [0.717, 1.165) is 23.3 Å². The second-order valence-electron chi connectivity index (χ2n) is 4.53. The van der Waals surface area contributed by atoms with Crippen LogP contribution in [-0.2, 0) is 9.53 Å². The number of nitrogens with zero attached hydrogens (tertiary/aromatic N) is 2. The van der Waals surface area contributed by atoms with Gasteiger partial charge in [0.15, 0.2) is 0 Å². The molecule has 5 nitrogen and oxygen atoms in total. The molecule has 0 aromatic carbocycles. The molecule has 0 atom stereocenters. The Morgan fingerprint density at radius 1 is 1.43 bits per heavy atom. The van der Waals surface area contributed by atoms with Crippen LogP contribution < -0.4 is 0 Å². The van der Waals surface area contributed by atoms with Crippen LogP contribution in [0.5, 0.6) is 0 Å². The second-order valence-corrected chi connectivity index (χ2v) is 5.48. The number of ether oxygens (including phenoxy) is 1. The summed E-state index contributed by atoms with van der Waals surface area (Å²) >= 11 is 1.55.